The van der Waals surface area contributed by atoms with Gasteiger partial charge in [-0.25, -0.2) is 9.67 Å². The van der Waals surface area contributed by atoms with Crippen molar-refractivity contribution < 1.29 is 0 Å². The van der Waals surface area contributed by atoms with Gasteiger partial charge in [0.05, 0.1) is 22.9 Å². The Labute approximate surface area is 98.3 Å². The zero-order chi connectivity index (χ0) is 11.7. The fourth-order valence-electron chi connectivity index (χ4n) is 1.68. The third kappa shape index (κ3) is 2.06. The zero-order valence-electron chi connectivity index (χ0n) is 9.64. The molecule has 0 aliphatic carbocycles. The highest BCUT2D eigenvalue weighted by molar-refractivity contribution is 7.09. The van der Waals surface area contributed by atoms with Gasteiger partial charge in [0.2, 0.25) is 0 Å². The molecule has 2 rings (SSSR count). The van der Waals surface area contributed by atoms with E-state index in [4.69, 9.17) is 5.73 Å². The van der Waals surface area contributed by atoms with Crippen LogP contribution in [0.4, 0.5) is 5.82 Å². The van der Waals surface area contributed by atoms with Crippen LogP contribution in [0.2, 0.25) is 0 Å². The molecule has 86 valence electrons. The molecular formula is C10H15N5S. The van der Waals surface area contributed by atoms with Crippen molar-refractivity contribution in [2.45, 2.75) is 33.2 Å². The van der Waals surface area contributed by atoms with Crippen LogP contribution in [0, 0.1) is 6.92 Å². The van der Waals surface area contributed by atoms with Gasteiger partial charge in [0.25, 0.3) is 0 Å². The first-order valence-corrected chi connectivity index (χ1v) is 6.05. The van der Waals surface area contributed by atoms with E-state index >= 15 is 0 Å². The molecule has 5 nitrogen and oxygen atoms in total. The van der Waals surface area contributed by atoms with Gasteiger partial charge in [0, 0.05) is 5.38 Å². The maximum Gasteiger partial charge on any atom is 0.169 e. The molecule has 0 saturated carbocycles. The standard InChI is InChI=1S/C10H15N5S/c1-6(2)9-10(11)13-14-15(9)4-8-5-16-7(3)12-8/h5-6H,4,11H2,1-3H3. The maximum absolute atomic E-state index is 5.79. The molecule has 16 heavy (non-hydrogen) atoms. The minimum Gasteiger partial charge on any atom is -0.381 e. The molecule has 0 amide bonds. The van der Waals surface area contributed by atoms with E-state index in [0.29, 0.717) is 18.3 Å². The predicted octanol–water partition coefficient (Wildman–Crippen LogP) is 1.80. The Morgan fingerprint density at radius 1 is 1.50 bits per heavy atom. The van der Waals surface area contributed by atoms with Gasteiger partial charge < -0.3 is 5.73 Å². The number of hydrogen-bond donors (Lipinski definition) is 1. The molecule has 0 aliphatic rings. The van der Waals surface area contributed by atoms with Gasteiger partial charge in [0.1, 0.15) is 0 Å². The van der Waals surface area contributed by atoms with E-state index in [2.05, 4.69) is 29.1 Å². The number of thiazole rings is 1. The second-order valence-electron chi connectivity index (χ2n) is 4.03. The fourth-order valence-corrected chi connectivity index (χ4v) is 2.28. The van der Waals surface area contributed by atoms with Crippen LogP contribution in [0.1, 0.15) is 36.2 Å². The first kappa shape index (κ1) is 11.1. The second-order valence-corrected chi connectivity index (χ2v) is 5.09. The molecule has 0 saturated heterocycles. The largest absolute Gasteiger partial charge is 0.381 e. The molecule has 0 unspecified atom stereocenters. The lowest BCUT2D eigenvalue weighted by Crippen LogP contribution is -2.09. The van der Waals surface area contributed by atoms with Crippen molar-refractivity contribution in [2.24, 2.45) is 0 Å². The van der Waals surface area contributed by atoms with E-state index in [0.717, 1.165) is 16.4 Å². The first-order valence-electron chi connectivity index (χ1n) is 5.17. The van der Waals surface area contributed by atoms with Gasteiger partial charge in [-0.2, -0.15) is 0 Å². The summed E-state index contributed by atoms with van der Waals surface area (Å²) >= 11 is 1.64. The van der Waals surface area contributed by atoms with E-state index in [1.165, 1.54) is 0 Å². The SMILES string of the molecule is Cc1nc(Cn2nnc(N)c2C(C)C)cs1. The Kier molecular flexibility index (Phi) is 2.91. The van der Waals surface area contributed by atoms with E-state index in [1.54, 1.807) is 11.3 Å². The maximum atomic E-state index is 5.79. The van der Waals surface area contributed by atoms with Gasteiger partial charge in [-0.05, 0) is 12.8 Å². The van der Waals surface area contributed by atoms with Crippen LogP contribution in [-0.4, -0.2) is 20.0 Å². The highest BCUT2D eigenvalue weighted by atomic mass is 32.1. The summed E-state index contributed by atoms with van der Waals surface area (Å²) in [5, 5.41) is 11.1. The molecule has 0 aromatic carbocycles. The zero-order valence-corrected chi connectivity index (χ0v) is 10.5. The monoisotopic (exact) mass is 237 g/mol. The van der Waals surface area contributed by atoms with Crippen molar-refractivity contribution in [1.82, 2.24) is 20.0 Å². The van der Waals surface area contributed by atoms with Crippen molar-refractivity contribution in [1.29, 1.82) is 0 Å². The minimum absolute atomic E-state index is 0.315. The normalized spacial score (nSPS) is 11.2. The average Bonchev–Trinajstić information content (AvgIpc) is 2.74. The van der Waals surface area contributed by atoms with Crippen molar-refractivity contribution in [3.8, 4) is 0 Å². The van der Waals surface area contributed by atoms with Crippen LogP contribution in [0.25, 0.3) is 0 Å². The summed E-state index contributed by atoms with van der Waals surface area (Å²) in [4.78, 5) is 4.40. The molecule has 2 aromatic rings. The molecule has 2 aromatic heterocycles. The van der Waals surface area contributed by atoms with Crippen LogP contribution in [-0.2, 0) is 6.54 Å². The highest BCUT2D eigenvalue weighted by Crippen LogP contribution is 2.20. The lowest BCUT2D eigenvalue weighted by molar-refractivity contribution is 0.591. The highest BCUT2D eigenvalue weighted by Gasteiger charge is 2.14. The Morgan fingerprint density at radius 3 is 2.81 bits per heavy atom. The fraction of sp³-hybridized carbons (Fsp3) is 0.500. The summed E-state index contributed by atoms with van der Waals surface area (Å²) < 4.78 is 1.83. The topological polar surface area (TPSA) is 69.6 Å². The molecule has 0 bridgehead atoms. The van der Waals surface area contributed by atoms with Crippen molar-refractivity contribution in [3.05, 3.63) is 21.8 Å². The Hall–Kier alpha value is -1.43. The number of nitrogen functional groups attached to an aromatic ring is 1. The Balaban J connectivity index is 2.28. The number of nitrogens with two attached hydrogens (primary N) is 1. The van der Waals surface area contributed by atoms with Crippen molar-refractivity contribution >= 4 is 17.2 Å². The van der Waals surface area contributed by atoms with Crippen LogP contribution in [0.3, 0.4) is 0 Å². The summed E-state index contributed by atoms with van der Waals surface area (Å²) in [6.45, 7) is 6.80. The quantitative estimate of drug-likeness (QED) is 0.883. The third-order valence-corrected chi connectivity index (χ3v) is 3.15. The first-order chi connectivity index (χ1) is 7.58. The molecule has 0 atom stereocenters. The van der Waals surface area contributed by atoms with Crippen molar-refractivity contribution in [2.75, 3.05) is 5.73 Å². The predicted molar refractivity (Wildman–Crippen MR) is 64.5 cm³/mol. The van der Waals surface area contributed by atoms with Crippen LogP contribution < -0.4 is 5.73 Å². The molecular weight excluding hydrogens is 222 g/mol. The van der Waals surface area contributed by atoms with Crippen LogP contribution in [0.5, 0.6) is 0 Å². The van der Waals surface area contributed by atoms with E-state index in [-0.39, 0.29) is 0 Å². The average molecular weight is 237 g/mol. The molecule has 2 heterocycles. The summed E-state index contributed by atoms with van der Waals surface area (Å²) in [6.07, 6.45) is 0. The number of hydrogen-bond acceptors (Lipinski definition) is 5. The van der Waals surface area contributed by atoms with Gasteiger partial charge in [-0.15, -0.1) is 16.4 Å². The molecule has 0 fully saturated rings. The van der Waals surface area contributed by atoms with E-state index in [1.807, 2.05) is 17.0 Å². The smallest absolute Gasteiger partial charge is 0.169 e. The summed E-state index contributed by atoms with van der Waals surface area (Å²) in [5.41, 5.74) is 7.77. The van der Waals surface area contributed by atoms with Gasteiger partial charge in [-0.1, -0.05) is 19.1 Å². The van der Waals surface area contributed by atoms with Crippen molar-refractivity contribution in [3.63, 3.8) is 0 Å². The number of nitrogens with zero attached hydrogens (tertiary/aromatic N) is 4. The lowest BCUT2D eigenvalue weighted by atomic mass is 10.1. The summed E-state index contributed by atoms with van der Waals surface area (Å²) in [7, 11) is 0. The number of aryl methyl sites for hydroxylation is 1. The molecule has 0 aliphatic heterocycles. The summed E-state index contributed by atoms with van der Waals surface area (Å²) in [5.74, 6) is 0.830. The second kappa shape index (κ2) is 4.21. The number of anilines is 1. The Bertz CT molecular complexity index is 485. The molecule has 2 N–H and O–H groups in total. The molecule has 0 radical (unpaired) electrons. The number of aromatic nitrogens is 4. The van der Waals surface area contributed by atoms with Gasteiger partial charge in [-0.3, -0.25) is 0 Å². The van der Waals surface area contributed by atoms with Gasteiger partial charge in [0.15, 0.2) is 5.82 Å². The Morgan fingerprint density at radius 2 is 2.25 bits per heavy atom. The van der Waals surface area contributed by atoms with Gasteiger partial charge >= 0.3 is 0 Å². The number of rotatable bonds is 3. The van der Waals surface area contributed by atoms with E-state index in [9.17, 15) is 0 Å². The summed E-state index contributed by atoms with van der Waals surface area (Å²) in [6, 6.07) is 0. The third-order valence-electron chi connectivity index (χ3n) is 2.33. The van der Waals surface area contributed by atoms with E-state index < -0.39 is 0 Å². The minimum atomic E-state index is 0.315. The molecule has 6 heteroatoms. The van der Waals surface area contributed by atoms with Crippen LogP contribution >= 0.6 is 11.3 Å². The van der Waals surface area contributed by atoms with Crippen LogP contribution in [0.15, 0.2) is 5.38 Å². The lowest BCUT2D eigenvalue weighted by Gasteiger charge is -2.07. The molecule has 0 spiro atoms.